The Bertz CT molecular complexity index is 1500. The number of nitrogens with zero attached hydrogens (tertiary/aromatic N) is 6. The van der Waals surface area contributed by atoms with E-state index in [4.69, 9.17) is 18.9 Å². The first-order chi connectivity index (χ1) is 22.4. The molecule has 7 rings (SSSR count). The third-order valence-corrected chi connectivity index (χ3v) is 9.21. The van der Waals surface area contributed by atoms with Crippen LogP contribution in [-0.4, -0.2) is 130 Å². The molecule has 12 nitrogen and oxygen atoms in total. The highest BCUT2D eigenvalue weighted by Crippen LogP contribution is 2.39. The summed E-state index contributed by atoms with van der Waals surface area (Å²) in [5.74, 6) is 2.48. The van der Waals surface area contributed by atoms with Crippen LogP contribution in [0.2, 0.25) is 0 Å². The van der Waals surface area contributed by atoms with Gasteiger partial charge in [0.25, 0.3) is 11.8 Å². The summed E-state index contributed by atoms with van der Waals surface area (Å²) in [4.78, 5) is 42.9. The largest absolute Gasteiger partial charge is 0.493 e. The molecule has 0 unspecified atom stereocenters. The van der Waals surface area contributed by atoms with Gasteiger partial charge in [-0.1, -0.05) is 0 Å². The zero-order valence-electron chi connectivity index (χ0n) is 27.2. The summed E-state index contributed by atoms with van der Waals surface area (Å²) < 4.78 is 22.4. The Hall–Kier alpha value is -4.16. The average Bonchev–Trinajstić information content (AvgIpc) is 3.71. The standard InChI is InChI=1S/C19H26N4O3.C15H18N2O3/c1-21-6-8-22(9-7-21)13-26-18-11-16-15(10-17(18)25-2)19(24)23-5-3-4-14(23)12-20-16;1-3-20-14-8-12-11(7-13(14)19-2)15(18)17-6-4-5-10(17)9-16-12/h10-12,14H,3-9,13H2,1-2H3;7-10H,3-6H2,1-2H3/t14-;10-/m00/s1. The van der Waals surface area contributed by atoms with Crippen molar-refractivity contribution in [2.45, 2.75) is 44.7 Å². The molecule has 0 aromatic heterocycles. The lowest BCUT2D eigenvalue weighted by molar-refractivity contribution is 0.0744. The third-order valence-electron chi connectivity index (χ3n) is 9.21. The summed E-state index contributed by atoms with van der Waals surface area (Å²) in [6, 6.07) is 7.36. The first-order valence-electron chi connectivity index (χ1n) is 16.2. The van der Waals surface area contributed by atoms with Gasteiger partial charge in [-0.25, -0.2) is 0 Å². The predicted molar refractivity (Wildman–Crippen MR) is 176 cm³/mol. The van der Waals surface area contributed by atoms with Gasteiger partial charge in [0.05, 0.1) is 55.4 Å². The van der Waals surface area contributed by atoms with Crippen molar-refractivity contribution in [3.8, 4) is 23.0 Å². The van der Waals surface area contributed by atoms with E-state index in [1.165, 1.54) is 0 Å². The molecule has 3 saturated heterocycles. The van der Waals surface area contributed by atoms with E-state index in [1.807, 2.05) is 35.2 Å². The van der Waals surface area contributed by atoms with Crippen LogP contribution in [0.3, 0.4) is 0 Å². The molecule has 5 aliphatic heterocycles. The van der Waals surface area contributed by atoms with Gasteiger partial charge in [-0.05, 0) is 51.8 Å². The molecule has 2 atom stereocenters. The highest BCUT2D eigenvalue weighted by atomic mass is 16.5. The number of benzene rings is 2. The van der Waals surface area contributed by atoms with Gasteiger partial charge in [0, 0.05) is 63.8 Å². The van der Waals surface area contributed by atoms with Crippen molar-refractivity contribution in [3.05, 3.63) is 35.4 Å². The summed E-state index contributed by atoms with van der Waals surface area (Å²) in [7, 11) is 5.31. The Balaban J connectivity index is 0.000000167. The Morgan fingerprint density at radius 2 is 1.20 bits per heavy atom. The fourth-order valence-corrected chi connectivity index (χ4v) is 6.53. The van der Waals surface area contributed by atoms with E-state index in [9.17, 15) is 9.59 Å². The van der Waals surface area contributed by atoms with Gasteiger partial charge in [0.2, 0.25) is 0 Å². The lowest BCUT2D eigenvalue weighted by Crippen LogP contribution is -2.45. The van der Waals surface area contributed by atoms with Gasteiger partial charge >= 0.3 is 0 Å². The van der Waals surface area contributed by atoms with E-state index in [0.717, 1.165) is 65.0 Å². The minimum Gasteiger partial charge on any atom is -0.493 e. The Morgan fingerprint density at radius 3 is 1.67 bits per heavy atom. The second-order valence-electron chi connectivity index (χ2n) is 12.1. The number of rotatable bonds is 7. The van der Waals surface area contributed by atoms with Crippen molar-refractivity contribution >= 4 is 35.6 Å². The van der Waals surface area contributed by atoms with Gasteiger partial charge in [0.1, 0.15) is 6.73 Å². The molecule has 246 valence electrons. The molecule has 2 aromatic rings. The lowest BCUT2D eigenvalue weighted by atomic mass is 10.1. The van der Waals surface area contributed by atoms with E-state index in [1.54, 1.807) is 32.4 Å². The molecule has 0 N–H and O–H groups in total. The van der Waals surface area contributed by atoms with Crippen LogP contribution in [0, 0.1) is 0 Å². The molecule has 0 spiro atoms. The SMILES string of the molecule is CCOc1cc2c(cc1OC)C(=O)N1CCC[C@H]1C=N2.COc1cc2c(cc1OCN1CCN(C)CC1)N=C[C@@H]1CCCN1C2=O. The van der Waals surface area contributed by atoms with E-state index in [2.05, 4.69) is 26.8 Å². The van der Waals surface area contributed by atoms with Crippen LogP contribution in [0.4, 0.5) is 11.4 Å². The molecular weight excluding hydrogens is 588 g/mol. The fourth-order valence-electron chi connectivity index (χ4n) is 6.53. The maximum absolute atomic E-state index is 12.9. The maximum atomic E-state index is 12.9. The quantitative estimate of drug-likeness (QED) is 0.451. The average molecular weight is 633 g/mol. The lowest BCUT2D eigenvalue weighted by Gasteiger charge is -2.32. The minimum absolute atomic E-state index is 0.0290. The molecule has 5 aliphatic rings. The topological polar surface area (TPSA) is 109 Å². The van der Waals surface area contributed by atoms with E-state index >= 15 is 0 Å². The number of hydrogen-bond acceptors (Lipinski definition) is 10. The van der Waals surface area contributed by atoms with Crippen LogP contribution in [0.5, 0.6) is 23.0 Å². The smallest absolute Gasteiger partial charge is 0.256 e. The first-order valence-corrected chi connectivity index (χ1v) is 16.2. The zero-order chi connectivity index (χ0) is 32.2. The van der Waals surface area contributed by atoms with Gasteiger partial charge < -0.3 is 33.6 Å². The van der Waals surface area contributed by atoms with Crippen LogP contribution in [0.1, 0.15) is 53.3 Å². The summed E-state index contributed by atoms with van der Waals surface area (Å²) in [5.41, 5.74) is 2.51. The number of amides is 2. The van der Waals surface area contributed by atoms with Crippen LogP contribution < -0.4 is 18.9 Å². The molecule has 0 bridgehead atoms. The normalized spacial score (nSPS) is 22.2. The second-order valence-corrected chi connectivity index (χ2v) is 12.1. The Morgan fingerprint density at radius 1 is 0.696 bits per heavy atom. The molecule has 0 saturated carbocycles. The molecule has 0 radical (unpaired) electrons. The molecular formula is C34H44N6O6. The van der Waals surface area contributed by atoms with Crippen molar-refractivity contribution in [3.63, 3.8) is 0 Å². The Kier molecular flexibility index (Phi) is 9.74. The number of hydrogen-bond donors (Lipinski definition) is 0. The third kappa shape index (κ3) is 6.54. The summed E-state index contributed by atoms with van der Waals surface area (Å²) >= 11 is 0. The fraction of sp³-hybridized carbons (Fsp3) is 0.529. The summed E-state index contributed by atoms with van der Waals surface area (Å²) in [6.07, 6.45) is 7.80. The summed E-state index contributed by atoms with van der Waals surface area (Å²) in [5, 5.41) is 0. The van der Waals surface area contributed by atoms with E-state index < -0.39 is 0 Å². The maximum Gasteiger partial charge on any atom is 0.256 e. The van der Waals surface area contributed by atoms with Crippen molar-refractivity contribution in [1.82, 2.24) is 19.6 Å². The highest BCUT2D eigenvalue weighted by molar-refractivity contribution is 6.04. The van der Waals surface area contributed by atoms with Crippen molar-refractivity contribution in [2.24, 2.45) is 9.98 Å². The van der Waals surface area contributed by atoms with E-state index in [-0.39, 0.29) is 23.9 Å². The van der Waals surface area contributed by atoms with Crippen molar-refractivity contribution in [1.29, 1.82) is 0 Å². The molecule has 2 amide bonds. The summed E-state index contributed by atoms with van der Waals surface area (Å²) in [6.45, 7) is 8.60. The number of likely N-dealkylation sites (N-methyl/N-ethyl adjacent to an activating group) is 1. The van der Waals surface area contributed by atoms with Crippen LogP contribution in [0.15, 0.2) is 34.3 Å². The highest BCUT2D eigenvalue weighted by Gasteiger charge is 2.34. The van der Waals surface area contributed by atoms with Gasteiger partial charge in [-0.3, -0.25) is 24.5 Å². The Labute approximate surface area is 270 Å². The molecule has 3 fully saturated rings. The van der Waals surface area contributed by atoms with Gasteiger partial charge in [0.15, 0.2) is 23.0 Å². The molecule has 2 aromatic carbocycles. The van der Waals surface area contributed by atoms with E-state index in [0.29, 0.717) is 58.8 Å². The minimum atomic E-state index is 0.0290. The number of carbonyl (C=O) groups excluding carboxylic acids is 2. The number of piperazine rings is 1. The van der Waals surface area contributed by atoms with Gasteiger partial charge in [-0.2, -0.15) is 0 Å². The molecule has 5 heterocycles. The number of carbonyl (C=O) groups is 2. The molecule has 46 heavy (non-hydrogen) atoms. The predicted octanol–water partition coefficient (Wildman–Crippen LogP) is 4.01. The zero-order valence-corrected chi connectivity index (χ0v) is 27.2. The van der Waals surface area contributed by atoms with Crippen molar-refractivity contribution < 1.29 is 28.5 Å². The number of ether oxygens (including phenoxy) is 4. The van der Waals surface area contributed by atoms with Crippen LogP contribution >= 0.6 is 0 Å². The van der Waals surface area contributed by atoms with Crippen LogP contribution in [0.25, 0.3) is 0 Å². The number of methoxy groups -OCH3 is 2. The number of fused-ring (bicyclic) bond motifs is 4. The monoisotopic (exact) mass is 632 g/mol. The second kappa shape index (κ2) is 14.1. The molecule has 12 heteroatoms. The van der Waals surface area contributed by atoms with Crippen LogP contribution in [-0.2, 0) is 0 Å². The van der Waals surface area contributed by atoms with Crippen molar-refractivity contribution in [2.75, 3.05) is 73.9 Å². The number of aliphatic imine (C=N–C) groups is 2. The first kappa shape index (κ1) is 31.8. The molecule has 0 aliphatic carbocycles. The van der Waals surface area contributed by atoms with Gasteiger partial charge in [-0.15, -0.1) is 0 Å².